The van der Waals surface area contributed by atoms with E-state index in [2.05, 4.69) is 16.0 Å². The van der Waals surface area contributed by atoms with Crippen molar-refractivity contribution in [3.63, 3.8) is 0 Å². The fraction of sp³-hybridized carbons (Fsp3) is 0.727. The monoisotopic (exact) mass is 532 g/mol. The highest BCUT2D eigenvalue weighted by Gasteiger charge is 2.30. The molecule has 0 radical (unpaired) electrons. The highest BCUT2D eigenvalue weighted by Crippen LogP contribution is 2.07. The second-order valence-electron chi connectivity index (χ2n) is 8.56. The minimum absolute atomic E-state index is 0.161. The second kappa shape index (κ2) is 18.9. The molecule has 0 aliphatic carbocycles. The van der Waals surface area contributed by atoms with Gasteiger partial charge >= 0.3 is 17.9 Å². The largest absolute Gasteiger partial charge is 0.481 e. The van der Waals surface area contributed by atoms with Crippen molar-refractivity contribution in [1.82, 2.24) is 16.0 Å². The molecule has 0 aromatic carbocycles. The maximum absolute atomic E-state index is 13.0. The maximum Gasteiger partial charge on any atom is 0.326 e. The van der Waals surface area contributed by atoms with E-state index in [1.54, 1.807) is 0 Å². The molecule has 0 rings (SSSR count). The van der Waals surface area contributed by atoms with E-state index in [1.807, 2.05) is 0 Å². The van der Waals surface area contributed by atoms with Crippen molar-refractivity contribution in [2.24, 2.45) is 17.2 Å². The Morgan fingerprint density at radius 2 is 0.973 bits per heavy atom. The molecule has 15 heteroatoms. The van der Waals surface area contributed by atoms with Gasteiger partial charge in [0.1, 0.15) is 18.1 Å². The van der Waals surface area contributed by atoms with Gasteiger partial charge in [-0.3, -0.25) is 24.0 Å². The predicted octanol–water partition coefficient (Wildman–Crippen LogP) is -2.16. The molecular weight excluding hydrogens is 492 g/mol. The van der Waals surface area contributed by atoms with E-state index in [9.17, 15) is 33.9 Å². The Morgan fingerprint density at radius 3 is 1.43 bits per heavy atom. The van der Waals surface area contributed by atoms with E-state index >= 15 is 0 Å². The van der Waals surface area contributed by atoms with Gasteiger partial charge in [0.25, 0.3) is 0 Å². The minimum Gasteiger partial charge on any atom is -0.481 e. The molecule has 0 unspecified atom stereocenters. The van der Waals surface area contributed by atoms with Crippen LogP contribution in [0.5, 0.6) is 0 Å². The summed E-state index contributed by atoms with van der Waals surface area (Å²) in [6.07, 6.45) is 0.936. The Balaban J connectivity index is 5.53. The lowest BCUT2D eigenvalue weighted by Gasteiger charge is -2.25. The molecule has 37 heavy (non-hydrogen) atoms. The Morgan fingerprint density at radius 1 is 0.568 bits per heavy atom. The highest BCUT2D eigenvalue weighted by atomic mass is 16.4. The van der Waals surface area contributed by atoms with Gasteiger partial charge in [0.05, 0.1) is 6.04 Å². The summed E-state index contributed by atoms with van der Waals surface area (Å²) in [6.45, 7) is 0.786. The summed E-state index contributed by atoms with van der Waals surface area (Å²) in [6, 6.07) is -5.03. The fourth-order valence-corrected chi connectivity index (χ4v) is 3.29. The molecule has 0 bridgehead atoms. The first-order chi connectivity index (χ1) is 17.4. The lowest BCUT2D eigenvalue weighted by atomic mass is 10.0. The summed E-state index contributed by atoms with van der Waals surface area (Å²) in [5.41, 5.74) is 16.8. The molecule has 15 nitrogen and oxygen atoms in total. The molecule has 0 aromatic rings. The van der Waals surface area contributed by atoms with Crippen LogP contribution in [0, 0.1) is 0 Å². The van der Waals surface area contributed by atoms with Crippen LogP contribution in [0.3, 0.4) is 0 Å². The zero-order chi connectivity index (χ0) is 28.4. The molecule has 12 N–H and O–H groups in total. The van der Waals surface area contributed by atoms with Crippen LogP contribution in [0.15, 0.2) is 0 Å². The van der Waals surface area contributed by atoms with Gasteiger partial charge in [-0.2, -0.15) is 0 Å². The number of nitrogens with one attached hydrogen (secondary N) is 3. The topological polar surface area (TPSA) is 277 Å². The van der Waals surface area contributed by atoms with Gasteiger partial charge in [0, 0.05) is 12.8 Å². The molecule has 212 valence electrons. The van der Waals surface area contributed by atoms with Crippen molar-refractivity contribution >= 4 is 35.6 Å². The molecule has 0 aliphatic heterocycles. The van der Waals surface area contributed by atoms with E-state index in [-0.39, 0.29) is 12.8 Å². The normalized spacial score (nSPS) is 14.0. The van der Waals surface area contributed by atoms with E-state index in [4.69, 9.17) is 27.4 Å². The Hall–Kier alpha value is -3.30. The zero-order valence-electron chi connectivity index (χ0n) is 20.8. The van der Waals surface area contributed by atoms with Gasteiger partial charge in [-0.1, -0.05) is 6.42 Å². The molecule has 4 atom stereocenters. The van der Waals surface area contributed by atoms with Gasteiger partial charge < -0.3 is 48.5 Å². The molecular formula is C22H40N6O9. The van der Waals surface area contributed by atoms with Gasteiger partial charge in [-0.25, -0.2) is 4.79 Å². The van der Waals surface area contributed by atoms with Crippen molar-refractivity contribution in [2.75, 3.05) is 13.1 Å². The van der Waals surface area contributed by atoms with Gasteiger partial charge in [-0.05, 0) is 58.0 Å². The van der Waals surface area contributed by atoms with Crippen LogP contribution < -0.4 is 33.2 Å². The summed E-state index contributed by atoms with van der Waals surface area (Å²) >= 11 is 0. The van der Waals surface area contributed by atoms with Crippen LogP contribution in [-0.2, 0) is 28.8 Å². The summed E-state index contributed by atoms with van der Waals surface area (Å²) in [5.74, 6) is -6.40. The number of carbonyl (C=O) groups is 6. The number of amides is 3. The third kappa shape index (κ3) is 15.4. The number of nitrogens with two attached hydrogens (primary N) is 3. The van der Waals surface area contributed by atoms with Crippen molar-refractivity contribution in [2.45, 2.75) is 88.4 Å². The zero-order valence-corrected chi connectivity index (χ0v) is 20.8. The lowest BCUT2D eigenvalue weighted by molar-refractivity contribution is -0.144. The summed E-state index contributed by atoms with van der Waals surface area (Å²) < 4.78 is 0. The van der Waals surface area contributed by atoms with Crippen LogP contribution >= 0.6 is 0 Å². The van der Waals surface area contributed by atoms with Crippen LogP contribution in [0.1, 0.15) is 64.2 Å². The van der Waals surface area contributed by atoms with Crippen molar-refractivity contribution in [3.05, 3.63) is 0 Å². The van der Waals surface area contributed by atoms with Crippen molar-refractivity contribution < 1.29 is 44.1 Å². The predicted molar refractivity (Wildman–Crippen MR) is 131 cm³/mol. The number of carbonyl (C=O) groups excluding carboxylic acids is 3. The first-order valence-corrected chi connectivity index (χ1v) is 12.2. The van der Waals surface area contributed by atoms with E-state index in [0.717, 1.165) is 0 Å². The second-order valence-corrected chi connectivity index (χ2v) is 8.56. The number of aliphatic carboxylic acids is 3. The van der Waals surface area contributed by atoms with Crippen LogP contribution in [0.4, 0.5) is 0 Å². The number of carboxylic acids is 3. The van der Waals surface area contributed by atoms with Crippen LogP contribution in [0.25, 0.3) is 0 Å². The minimum atomic E-state index is -1.57. The molecule has 0 spiro atoms. The smallest absolute Gasteiger partial charge is 0.326 e. The number of hydrogen-bond acceptors (Lipinski definition) is 9. The third-order valence-electron chi connectivity index (χ3n) is 5.43. The molecule has 0 saturated carbocycles. The average Bonchev–Trinajstić information content (AvgIpc) is 2.82. The SMILES string of the molecule is NCCCC[C@H](NC(=O)[C@@H](N)CCCCN)C(=O)N[C@@H](CCC(=O)O)C(=O)N[C@@H](CCC(=O)O)C(=O)O. The molecule has 3 amide bonds. The van der Waals surface area contributed by atoms with Crippen molar-refractivity contribution in [1.29, 1.82) is 0 Å². The van der Waals surface area contributed by atoms with Gasteiger partial charge in [0.15, 0.2) is 0 Å². The van der Waals surface area contributed by atoms with Crippen LogP contribution in [0.2, 0.25) is 0 Å². The summed E-state index contributed by atoms with van der Waals surface area (Å²) in [4.78, 5) is 71.6. The number of hydrogen-bond donors (Lipinski definition) is 9. The van der Waals surface area contributed by atoms with Gasteiger partial charge in [-0.15, -0.1) is 0 Å². The molecule has 0 fully saturated rings. The van der Waals surface area contributed by atoms with Gasteiger partial charge in [0.2, 0.25) is 17.7 Å². The van der Waals surface area contributed by atoms with E-state index in [0.29, 0.717) is 45.2 Å². The molecule has 0 aromatic heterocycles. The standard InChI is InChI=1S/C22H40N6O9/c23-11-3-1-5-13(25)19(33)26-14(6-2-4-12-24)20(34)27-15(7-9-17(29)30)21(35)28-16(22(36)37)8-10-18(31)32/h13-16H,1-12,23-25H2,(H,26,33)(H,27,34)(H,28,35)(H,29,30)(H,31,32)(H,36,37)/t13-,14-,15-,16-/m0/s1. The average molecular weight is 533 g/mol. The lowest BCUT2D eigenvalue weighted by Crippen LogP contribution is -2.57. The Labute approximate surface area is 214 Å². The van der Waals surface area contributed by atoms with Crippen molar-refractivity contribution in [3.8, 4) is 0 Å². The van der Waals surface area contributed by atoms with Crippen LogP contribution in [-0.4, -0.2) is 88.2 Å². The molecule has 0 aliphatic rings. The third-order valence-corrected chi connectivity index (χ3v) is 5.43. The first kappa shape index (κ1) is 33.7. The first-order valence-electron chi connectivity index (χ1n) is 12.2. The number of unbranched alkanes of at least 4 members (excludes halogenated alkanes) is 2. The summed E-state index contributed by atoms with van der Waals surface area (Å²) in [7, 11) is 0. The Bertz CT molecular complexity index is 780. The van der Waals surface area contributed by atoms with E-state index < -0.39 is 79.1 Å². The summed E-state index contributed by atoms with van der Waals surface area (Å²) in [5, 5.41) is 34.2. The number of carboxylic acid groups (broad SMARTS) is 3. The quantitative estimate of drug-likeness (QED) is 0.0715. The maximum atomic E-state index is 13.0. The number of rotatable bonds is 21. The molecule has 0 heterocycles. The Kier molecular flexibility index (Phi) is 17.2. The molecule has 0 saturated heterocycles. The fourth-order valence-electron chi connectivity index (χ4n) is 3.29. The highest BCUT2D eigenvalue weighted by molar-refractivity contribution is 5.94. The van der Waals surface area contributed by atoms with E-state index in [1.165, 1.54) is 0 Å².